The van der Waals surface area contributed by atoms with E-state index in [1.165, 1.54) is 5.56 Å². The molecule has 0 saturated heterocycles. The zero-order valence-corrected chi connectivity index (χ0v) is 12.6. The van der Waals surface area contributed by atoms with Crippen molar-refractivity contribution >= 4 is 23.0 Å². The lowest BCUT2D eigenvalue weighted by atomic mass is 9.97. The molecule has 1 aromatic carbocycles. The molecule has 2 nitrogen and oxygen atoms in total. The lowest BCUT2D eigenvalue weighted by Gasteiger charge is -2.18. The average Bonchev–Trinajstić information content (AvgIpc) is 2.36. The molecule has 18 heavy (non-hydrogen) atoms. The molecule has 2 N–H and O–H groups in total. The fraction of sp³-hybridized carbons (Fsp3) is 0.533. The first-order chi connectivity index (χ1) is 8.54. The van der Waals surface area contributed by atoms with Gasteiger partial charge in [-0.2, -0.15) is 0 Å². The van der Waals surface area contributed by atoms with Crippen LogP contribution in [0.25, 0.3) is 0 Å². The van der Waals surface area contributed by atoms with Crippen LogP contribution in [0.15, 0.2) is 24.3 Å². The zero-order chi connectivity index (χ0) is 13.5. The van der Waals surface area contributed by atoms with Crippen molar-refractivity contribution in [3.05, 3.63) is 29.8 Å². The summed E-state index contributed by atoms with van der Waals surface area (Å²) in [5, 5.41) is 7.24. The third-order valence-electron chi connectivity index (χ3n) is 3.02. The largest absolute Gasteiger partial charge is 0.362 e. The standard InChI is InChI=1S/C15H24N2S/c1-5-12(4)13-8-6-7-9-14(13)17-15(18)16-10-11(2)3/h6-9,11-12H,5,10H2,1-4H3,(H2,16,17,18)/t12-/m1/s1. The van der Waals surface area contributed by atoms with Crippen LogP contribution in [0.1, 0.15) is 45.6 Å². The Kier molecular flexibility index (Phi) is 6.13. The Balaban J connectivity index is 2.69. The van der Waals surface area contributed by atoms with Crippen molar-refractivity contribution in [1.82, 2.24) is 5.32 Å². The van der Waals surface area contributed by atoms with Gasteiger partial charge in [0, 0.05) is 12.2 Å². The topological polar surface area (TPSA) is 24.1 Å². The summed E-state index contributed by atoms with van der Waals surface area (Å²) < 4.78 is 0. The predicted octanol–water partition coefficient (Wildman–Crippen LogP) is 4.14. The van der Waals surface area contributed by atoms with Crippen molar-refractivity contribution in [2.75, 3.05) is 11.9 Å². The summed E-state index contributed by atoms with van der Waals surface area (Å²) in [7, 11) is 0. The summed E-state index contributed by atoms with van der Waals surface area (Å²) >= 11 is 5.31. The van der Waals surface area contributed by atoms with Gasteiger partial charge in [0.25, 0.3) is 0 Å². The molecule has 100 valence electrons. The highest BCUT2D eigenvalue weighted by molar-refractivity contribution is 7.80. The highest BCUT2D eigenvalue weighted by Crippen LogP contribution is 2.26. The molecule has 0 aliphatic carbocycles. The summed E-state index contributed by atoms with van der Waals surface area (Å²) in [6.45, 7) is 9.69. The summed E-state index contributed by atoms with van der Waals surface area (Å²) in [6.07, 6.45) is 1.13. The van der Waals surface area contributed by atoms with Crippen molar-refractivity contribution in [2.45, 2.75) is 40.0 Å². The van der Waals surface area contributed by atoms with Crippen LogP contribution in [0.2, 0.25) is 0 Å². The van der Waals surface area contributed by atoms with E-state index in [2.05, 4.69) is 56.5 Å². The number of nitrogens with one attached hydrogen (secondary N) is 2. The lowest BCUT2D eigenvalue weighted by Crippen LogP contribution is -2.31. The molecule has 0 unspecified atom stereocenters. The number of rotatable bonds is 5. The molecule has 3 heteroatoms. The van der Waals surface area contributed by atoms with E-state index in [1.54, 1.807) is 0 Å². The summed E-state index contributed by atoms with van der Waals surface area (Å²) in [4.78, 5) is 0. The summed E-state index contributed by atoms with van der Waals surface area (Å²) in [6, 6.07) is 8.38. The van der Waals surface area contributed by atoms with Crippen LogP contribution in [-0.2, 0) is 0 Å². The van der Waals surface area contributed by atoms with E-state index in [1.807, 2.05) is 6.07 Å². The van der Waals surface area contributed by atoms with E-state index >= 15 is 0 Å². The van der Waals surface area contributed by atoms with E-state index in [-0.39, 0.29) is 0 Å². The first-order valence-corrected chi connectivity index (χ1v) is 7.09. The van der Waals surface area contributed by atoms with Crippen molar-refractivity contribution in [1.29, 1.82) is 0 Å². The molecule has 0 amide bonds. The Hall–Kier alpha value is -1.09. The molecule has 0 heterocycles. The van der Waals surface area contributed by atoms with Gasteiger partial charge in [0.2, 0.25) is 0 Å². The van der Waals surface area contributed by atoms with Gasteiger partial charge >= 0.3 is 0 Å². The fourth-order valence-electron chi connectivity index (χ4n) is 1.72. The monoisotopic (exact) mass is 264 g/mol. The fourth-order valence-corrected chi connectivity index (χ4v) is 1.92. The normalized spacial score (nSPS) is 12.3. The van der Waals surface area contributed by atoms with E-state index in [9.17, 15) is 0 Å². The highest BCUT2D eigenvalue weighted by atomic mass is 32.1. The summed E-state index contributed by atoms with van der Waals surface area (Å²) in [5.41, 5.74) is 2.45. The molecule has 0 saturated carbocycles. The van der Waals surface area contributed by atoms with E-state index in [0.717, 1.165) is 18.7 Å². The molecular weight excluding hydrogens is 240 g/mol. The first kappa shape index (κ1) is 15.0. The number of benzene rings is 1. The molecule has 0 aliphatic heterocycles. The molecular formula is C15H24N2S. The molecule has 0 aliphatic rings. The van der Waals surface area contributed by atoms with Gasteiger partial charge < -0.3 is 10.6 Å². The van der Waals surface area contributed by atoms with Gasteiger partial charge in [-0.25, -0.2) is 0 Å². The SMILES string of the molecule is CC[C@@H](C)c1ccccc1NC(=S)NCC(C)C. The average molecular weight is 264 g/mol. The number of hydrogen-bond donors (Lipinski definition) is 2. The maximum absolute atomic E-state index is 5.31. The number of thiocarbonyl (C=S) groups is 1. The van der Waals surface area contributed by atoms with Gasteiger partial charge in [0.15, 0.2) is 5.11 Å². The molecule has 0 spiro atoms. The van der Waals surface area contributed by atoms with Crippen molar-refractivity contribution in [3.8, 4) is 0 Å². The third-order valence-corrected chi connectivity index (χ3v) is 3.27. The number of anilines is 1. The molecule has 1 rings (SSSR count). The van der Waals surface area contributed by atoms with E-state index < -0.39 is 0 Å². The predicted molar refractivity (Wildman–Crippen MR) is 84.2 cm³/mol. The van der Waals surface area contributed by atoms with Gasteiger partial charge in [0.05, 0.1) is 0 Å². The van der Waals surface area contributed by atoms with Crippen LogP contribution < -0.4 is 10.6 Å². The molecule has 0 fully saturated rings. The Labute approximate surface area is 116 Å². The molecule has 1 atom stereocenters. The van der Waals surface area contributed by atoms with Crippen molar-refractivity contribution in [2.24, 2.45) is 5.92 Å². The zero-order valence-electron chi connectivity index (χ0n) is 11.8. The third kappa shape index (κ3) is 4.65. The van der Waals surface area contributed by atoms with Gasteiger partial charge in [0.1, 0.15) is 0 Å². The van der Waals surface area contributed by atoms with Crippen molar-refractivity contribution < 1.29 is 0 Å². The van der Waals surface area contributed by atoms with Gasteiger partial charge in [-0.05, 0) is 42.1 Å². The first-order valence-electron chi connectivity index (χ1n) is 6.68. The molecule has 0 radical (unpaired) electrons. The Morgan fingerprint density at radius 1 is 1.22 bits per heavy atom. The Morgan fingerprint density at radius 3 is 2.50 bits per heavy atom. The van der Waals surface area contributed by atoms with E-state index in [0.29, 0.717) is 16.9 Å². The van der Waals surface area contributed by atoms with Gasteiger partial charge in [-0.1, -0.05) is 45.9 Å². The minimum atomic E-state index is 0.543. The van der Waals surface area contributed by atoms with E-state index in [4.69, 9.17) is 12.2 Å². The lowest BCUT2D eigenvalue weighted by molar-refractivity contribution is 0.627. The van der Waals surface area contributed by atoms with Crippen LogP contribution in [0, 0.1) is 5.92 Å². The molecule has 0 aromatic heterocycles. The maximum atomic E-state index is 5.31. The quantitative estimate of drug-likeness (QED) is 0.782. The summed E-state index contributed by atoms with van der Waals surface area (Å²) in [5.74, 6) is 1.14. The van der Waals surface area contributed by atoms with Gasteiger partial charge in [-0.15, -0.1) is 0 Å². The van der Waals surface area contributed by atoms with Crippen LogP contribution >= 0.6 is 12.2 Å². The number of hydrogen-bond acceptors (Lipinski definition) is 1. The second kappa shape index (κ2) is 7.37. The Bertz CT molecular complexity index is 388. The van der Waals surface area contributed by atoms with Gasteiger partial charge in [-0.3, -0.25) is 0 Å². The second-order valence-corrected chi connectivity index (χ2v) is 5.53. The molecule has 1 aromatic rings. The van der Waals surface area contributed by atoms with Crippen LogP contribution in [-0.4, -0.2) is 11.7 Å². The maximum Gasteiger partial charge on any atom is 0.170 e. The minimum absolute atomic E-state index is 0.543. The second-order valence-electron chi connectivity index (χ2n) is 5.13. The Morgan fingerprint density at radius 2 is 1.89 bits per heavy atom. The van der Waals surface area contributed by atoms with Crippen LogP contribution in [0.4, 0.5) is 5.69 Å². The number of para-hydroxylation sites is 1. The smallest absolute Gasteiger partial charge is 0.170 e. The van der Waals surface area contributed by atoms with Crippen LogP contribution in [0.5, 0.6) is 0 Å². The minimum Gasteiger partial charge on any atom is -0.362 e. The van der Waals surface area contributed by atoms with Crippen LogP contribution in [0.3, 0.4) is 0 Å². The molecule has 0 bridgehead atoms. The highest BCUT2D eigenvalue weighted by Gasteiger charge is 2.09. The van der Waals surface area contributed by atoms with Crippen molar-refractivity contribution in [3.63, 3.8) is 0 Å².